The summed E-state index contributed by atoms with van der Waals surface area (Å²) in [6, 6.07) is 3.60. The fourth-order valence-electron chi connectivity index (χ4n) is 2.56. The first-order chi connectivity index (χ1) is 9.69. The van der Waals surface area contributed by atoms with Gasteiger partial charge in [0.2, 0.25) is 0 Å². The average Bonchev–Trinajstić information content (AvgIpc) is 2.95. The number of aromatic nitrogens is 1. The van der Waals surface area contributed by atoms with Crippen LogP contribution in [0.3, 0.4) is 0 Å². The zero-order valence-corrected chi connectivity index (χ0v) is 13.0. The number of esters is 1. The highest BCUT2D eigenvalue weighted by atomic mass is 32.2. The number of hydrogen-bond acceptors (Lipinski definition) is 5. The van der Waals surface area contributed by atoms with Crippen LogP contribution in [0.25, 0.3) is 0 Å². The first kappa shape index (κ1) is 15.2. The van der Waals surface area contributed by atoms with Gasteiger partial charge in [0.15, 0.2) is 0 Å². The molecule has 0 saturated heterocycles. The SMILES string of the molecule is CCOC(=O)c1ccc(NCC2(SC)CCCC2)nc1. The van der Waals surface area contributed by atoms with Gasteiger partial charge in [0, 0.05) is 17.5 Å². The molecule has 1 saturated carbocycles. The molecule has 0 bridgehead atoms. The second-order valence-electron chi connectivity index (χ2n) is 5.10. The van der Waals surface area contributed by atoms with Gasteiger partial charge < -0.3 is 10.1 Å². The third-order valence-electron chi connectivity index (χ3n) is 3.81. The van der Waals surface area contributed by atoms with E-state index in [9.17, 15) is 4.79 Å². The lowest BCUT2D eigenvalue weighted by atomic mass is 10.1. The largest absolute Gasteiger partial charge is 0.462 e. The standard InChI is InChI=1S/C15H22N2O2S/c1-3-19-14(18)12-6-7-13(16-10-12)17-11-15(20-2)8-4-5-9-15/h6-7,10H,3-5,8-9,11H2,1-2H3,(H,16,17). The van der Waals surface area contributed by atoms with Gasteiger partial charge in [-0.05, 0) is 38.2 Å². The Labute approximate surface area is 124 Å². The molecule has 0 aliphatic heterocycles. The highest BCUT2D eigenvalue weighted by molar-refractivity contribution is 8.00. The average molecular weight is 294 g/mol. The first-order valence-electron chi connectivity index (χ1n) is 7.11. The second kappa shape index (κ2) is 6.97. The van der Waals surface area contributed by atoms with Crippen molar-refractivity contribution in [2.75, 3.05) is 24.7 Å². The van der Waals surface area contributed by atoms with Gasteiger partial charge >= 0.3 is 5.97 Å². The zero-order chi connectivity index (χ0) is 14.4. The minimum absolute atomic E-state index is 0.317. The molecule has 1 aromatic heterocycles. The summed E-state index contributed by atoms with van der Waals surface area (Å²) in [5.74, 6) is 0.501. The van der Waals surface area contributed by atoms with E-state index < -0.39 is 0 Å². The number of carbonyl (C=O) groups excluding carboxylic acids is 1. The predicted octanol–water partition coefficient (Wildman–Crippen LogP) is 3.35. The van der Waals surface area contributed by atoms with Crippen LogP contribution in [0.5, 0.6) is 0 Å². The summed E-state index contributed by atoms with van der Waals surface area (Å²) >= 11 is 1.95. The number of hydrogen-bond donors (Lipinski definition) is 1. The Balaban J connectivity index is 1.92. The van der Waals surface area contributed by atoms with Crippen LogP contribution in [0.2, 0.25) is 0 Å². The fraction of sp³-hybridized carbons (Fsp3) is 0.600. The second-order valence-corrected chi connectivity index (χ2v) is 6.37. The number of anilines is 1. The van der Waals surface area contributed by atoms with Gasteiger partial charge in [0.25, 0.3) is 0 Å². The molecule has 0 radical (unpaired) electrons. The fourth-order valence-corrected chi connectivity index (χ4v) is 3.47. The molecule has 1 fully saturated rings. The molecular formula is C15H22N2O2S. The van der Waals surface area contributed by atoms with Gasteiger partial charge in [-0.15, -0.1) is 0 Å². The van der Waals surface area contributed by atoms with E-state index in [4.69, 9.17) is 4.74 Å². The van der Waals surface area contributed by atoms with Crippen molar-refractivity contribution in [3.63, 3.8) is 0 Å². The number of nitrogens with one attached hydrogen (secondary N) is 1. The Bertz CT molecular complexity index is 442. The summed E-state index contributed by atoms with van der Waals surface area (Å²) in [4.78, 5) is 15.8. The minimum Gasteiger partial charge on any atom is -0.462 e. The lowest BCUT2D eigenvalue weighted by molar-refractivity contribution is 0.0526. The molecule has 5 heteroatoms. The summed E-state index contributed by atoms with van der Waals surface area (Å²) in [6.07, 6.45) is 8.92. The number of thioether (sulfide) groups is 1. The molecular weight excluding hydrogens is 272 g/mol. The van der Waals surface area contributed by atoms with Crippen molar-refractivity contribution in [1.29, 1.82) is 0 Å². The minimum atomic E-state index is -0.317. The van der Waals surface area contributed by atoms with Gasteiger partial charge in [-0.2, -0.15) is 11.8 Å². The van der Waals surface area contributed by atoms with Crippen molar-refractivity contribution < 1.29 is 9.53 Å². The third-order valence-corrected chi connectivity index (χ3v) is 5.23. The molecule has 110 valence electrons. The summed E-state index contributed by atoms with van der Waals surface area (Å²) in [7, 11) is 0. The van der Waals surface area contributed by atoms with Crippen LogP contribution in [0.4, 0.5) is 5.82 Å². The summed E-state index contributed by atoms with van der Waals surface area (Å²) in [5.41, 5.74) is 0.498. The van der Waals surface area contributed by atoms with E-state index in [0.29, 0.717) is 16.9 Å². The zero-order valence-electron chi connectivity index (χ0n) is 12.1. The van der Waals surface area contributed by atoms with Gasteiger partial charge in [-0.25, -0.2) is 9.78 Å². The van der Waals surface area contributed by atoms with Crippen LogP contribution in [0.15, 0.2) is 18.3 Å². The van der Waals surface area contributed by atoms with Crippen LogP contribution in [0, 0.1) is 0 Å². The van der Waals surface area contributed by atoms with E-state index in [1.165, 1.54) is 25.7 Å². The molecule has 1 aliphatic rings. The monoisotopic (exact) mass is 294 g/mol. The number of ether oxygens (including phenoxy) is 1. The van der Waals surface area contributed by atoms with Gasteiger partial charge in [0.1, 0.15) is 5.82 Å². The maximum Gasteiger partial charge on any atom is 0.339 e. The molecule has 0 atom stereocenters. The van der Waals surface area contributed by atoms with Crippen LogP contribution >= 0.6 is 11.8 Å². The number of nitrogens with zero attached hydrogens (tertiary/aromatic N) is 1. The predicted molar refractivity (Wildman–Crippen MR) is 83.4 cm³/mol. The molecule has 0 amide bonds. The van der Waals surface area contributed by atoms with Gasteiger partial charge in [-0.3, -0.25) is 0 Å². The van der Waals surface area contributed by atoms with Gasteiger partial charge in [-0.1, -0.05) is 12.8 Å². The molecule has 0 spiro atoms. The lowest BCUT2D eigenvalue weighted by Gasteiger charge is -2.27. The third kappa shape index (κ3) is 3.66. The molecule has 1 aliphatic carbocycles. The van der Waals surface area contributed by atoms with Crippen molar-refractivity contribution >= 4 is 23.5 Å². The molecule has 0 aromatic carbocycles. The molecule has 1 aromatic rings. The van der Waals surface area contributed by atoms with Crippen LogP contribution in [0.1, 0.15) is 43.0 Å². The maximum absolute atomic E-state index is 11.5. The maximum atomic E-state index is 11.5. The molecule has 4 nitrogen and oxygen atoms in total. The number of rotatable bonds is 6. The van der Waals surface area contributed by atoms with Crippen molar-refractivity contribution in [2.45, 2.75) is 37.4 Å². The van der Waals surface area contributed by atoms with Crippen molar-refractivity contribution in [3.05, 3.63) is 23.9 Å². The summed E-state index contributed by atoms with van der Waals surface area (Å²) < 4.78 is 5.29. The van der Waals surface area contributed by atoms with Crippen LogP contribution in [-0.4, -0.2) is 35.1 Å². The van der Waals surface area contributed by atoms with Crippen molar-refractivity contribution in [3.8, 4) is 0 Å². The van der Waals surface area contributed by atoms with E-state index in [-0.39, 0.29) is 5.97 Å². The van der Waals surface area contributed by atoms with Gasteiger partial charge in [0.05, 0.1) is 12.2 Å². The Morgan fingerprint density at radius 2 is 2.20 bits per heavy atom. The molecule has 20 heavy (non-hydrogen) atoms. The van der Waals surface area contributed by atoms with Crippen LogP contribution < -0.4 is 5.32 Å². The van der Waals surface area contributed by atoms with E-state index in [2.05, 4.69) is 16.6 Å². The highest BCUT2D eigenvalue weighted by Crippen LogP contribution is 2.40. The Kier molecular flexibility index (Phi) is 5.29. The normalized spacial score (nSPS) is 16.9. The molecule has 0 unspecified atom stereocenters. The lowest BCUT2D eigenvalue weighted by Crippen LogP contribution is -2.30. The molecule has 1 heterocycles. The van der Waals surface area contributed by atoms with E-state index in [1.807, 2.05) is 17.8 Å². The van der Waals surface area contributed by atoms with E-state index in [0.717, 1.165) is 12.4 Å². The Hall–Kier alpha value is -1.23. The van der Waals surface area contributed by atoms with E-state index >= 15 is 0 Å². The summed E-state index contributed by atoms with van der Waals surface area (Å²) in [6.45, 7) is 3.11. The van der Waals surface area contributed by atoms with Crippen LogP contribution in [-0.2, 0) is 4.74 Å². The first-order valence-corrected chi connectivity index (χ1v) is 8.34. The Morgan fingerprint density at radius 1 is 1.45 bits per heavy atom. The smallest absolute Gasteiger partial charge is 0.339 e. The molecule has 2 rings (SSSR count). The van der Waals surface area contributed by atoms with E-state index in [1.54, 1.807) is 19.2 Å². The van der Waals surface area contributed by atoms with Crippen molar-refractivity contribution in [2.24, 2.45) is 0 Å². The number of pyridine rings is 1. The topological polar surface area (TPSA) is 51.2 Å². The molecule has 1 N–H and O–H groups in total. The summed E-state index contributed by atoms with van der Waals surface area (Å²) in [5, 5.41) is 3.39. The highest BCUT2D eigenvalue weighted by Gasteiger charge is 2.32. The van der Waals surface area contributed by atoms with Crippen molar-refractivity contribution in [1.82, 2.24) is 4.98 Å². The Morgan fingerprint density at radius 3 is 2.75 bits per heavy atom. The quantitative estimate of drug-likeness (QED) is 0.815. The number of carbonyl (C=O) groups is 1.